The van der Waals surface area contributed by atoms with E-state index in [1.807, 2.05) is 13.8 Å². The quantitative estimate of drug-likeness (QED) is 0.534. The summed E-state index contributed by atoms with van der Waals surface area (Å²) in [6.45, 7) is 8.42. The Balaban J connectivity index is 3.73. The topological polar surface area (TPSA) is 17.1 Å². The molecule has 1 nitrogen and oxygen atoms in total. The van der Waals surface area contributed by atoms with E-state index < -0.39 is 0 Å². The normalized spacial score (nSPS) is 13.2. The Morgan fingerprint density at radius 1 is 1.14 bits per heavy atom. The van der Waals surface area contributed by atoms with Gasteiger partial charge >= 0.3 is 0 Å². The van der Waals surface area contributed by atoms with Crippen molar-refractivity contribution in [3.8, 4) is 0 Å². The minimum atomic E-state index is 0.218. The lowest BCUT2D eigenvalue weighted by molar-refractivity contribution is -0.122. The molecule has 0 aliphatic heterocycles. The first-order valence-electron chi connectivity index (χ1n) is 6.14. The summed E-state index contributed by atoms with van der Waals surface area (Å²) in [5.74, 6) is 1.29. The van der Waals surface area contributed by atoms with E-state index in [1.165, 1.54) is 25.7 Å². The summed E-state index contributed by atoms with van der Waals surface area (Å²) >= 11 is 0. The summed E-state index contributed by atoms with van der Waals surface area (Å²) in [6.07, 6.45) is 7.07. The molecule has 0 amide bonds. The average Bonchev–Trinajstić information content (AvgIpc) is 2.16. The molecule has 1 atom stereocenters. The Bertz CT molecular complexity index is 149. The fraction of sp³-hybridized carbons (Fsp3) is 0.923. The highest BCUT2D eigenvalue weighted by Gasteiger charge is 2.14. The summed E-state index contributed by atoms with van der Waals surface area (Å²) in [5.41, 5.74) is 0. The van der Waals surface area contributed by atoms with Gasteiger partial charge in [-0.15, -0.1) is 0 Å². The van der Waals surface area contributed by atoms with Crippen molar-refractivity contribution in [3.05, 3.63) is 0 Å². The van der Waals surface area contributed by atoms with Crippen LogP contribution in [0.2, 0.25) is 0 Å². The monoisotopic (exact) mass is 198 g/mol. The van der Waals surface area contributed by atoms with E-state index >= 15 is 0 Å². The first kappa shape index (κ1) is 13.7. The molecule has 0 aromatic rings. The zero-order valence-electron chi connectivity index (χ0n) is 10.3. The van der Waals surface area contributed by atoms with E-state index in [-0.39, 0.29) is 5.92 Å². The largest absolute Gasteiger partial charge is 0.299 e. The predicted octanol–water partition coefficient (Wildman–Crippen LogP) is 4.21. The molecule has 0 fully saturated rings. The van der Waals surface area contributed by atoms with E-state index in [9.17, 15) is 4.79 Å². The highest BCUT2D eigenvalue weighted by atomic mass is 16.1. The number of ketones is 1. The van der Waals surface area contributed by atoms with Gasteiger partial charge in [0.1, 0.15) is 5.78 Å². The molecule has 1 heteroatoms. The predicted molar refractivity (Wildman–Crippen MR) is 62.4 cm³/mol. The lowest BCUT2D eigenvalue weighted by Crippen LogP contribution is -2.13. The number of rotatable bonds is 8. The molecule has 0 heterocycles. The van der Waals surface area contributed by atoms with Gasteiger partial charge < -0.3 is 0 Å². The summed E-state index contributed by atoms with van der Waals surface area (Å²) in [4.78, 5) is 11.5. The van der Waals surface area contributed by atoms with Crippen LogP contribution in [0.4, 0.5) is 0 Å². The Morgan fingerprint density at radius 2 is 1.79 bits per heavy atom. The fourth-order valence-corrected chi connectivity index (χ4v) is 1.65. The second-order valence-electron chi connectivity index (χ2n) is 4.60. The summed E-state index contributed by atoms with van der Waals surface area (Å²) in [6, 6.07) is 0. The lowest BCUT2D eigenvalue weighted by atomic mass is 9.90. The van der Waals surface area contributed by atoms with Crippen LogP contribution in [0.5, 0.6) is 0 Å². The van der Waals surface area contributed by atoms with Crippen LogP contribution in [0.1, 0.15) is 66.2 Å². The van der Waals surface area contributed by atoms with Gasteiger partial charge in [-0.3, -0.25) is 4.79 Å². The molecule has 0 radical (unpaired) electrons. The highest BCUT2D eigenvalue weighted by molar-refractivity contribution is 5.80. The molecule has 84 valence electrons. The first-order valence-corrected chi connectivity index (χ1v) is 6.14. The average molecular weight is 198 g/mol. The van der Waals surface area contributed by atoms with Crippen LogP contribution in [0.3, 0.4) is 0 Å². The second-order valence-corrected chi connectivity index (χ2v) is 4.60. The Kier molecular flexibility index (Phi) is 7.83. The van der Waals surface area contributed by atoms with Crippen molar-refractivity contribution in [2.45, 2.75) is 66.2 Å². The Labute approximate surface area is 89.3 Å². The van der Waals surface area contributed by atoms with Crippen molar-refractivity contribution >= 4 is 5.78 Å². The molecule has 0 aliphatic carbocycles. The summed E-state index contributed by atoms with van der Waals surface area (Å²) in [5, 5.41) is 0. The molecule has 1 unspecified atom stereocenters. The maximum Gasteiger partial charge on any atom is 0.135 e. The van der Waals surface area contributed by atoms with E-state index in [2.05, 4.69) is 13.8 Å². The zero-order valence-corrected chi connectivity index (χ0v) is 10.3. The van der Waals surface area contributed by atoms with Gasteiger partial charge in [0, 0.05) is 12.3 Å². The van der Waals surface area contributed by atoms with Crippen LogP contribution in [0.15, 0.2) is 0 Å². The van der Waals surface area contributed by atoms with Gasteiger partial charge in [0.05, 0.1) is 0 Å². The maximum absolute atomic E-state index is 11.5. The summed E-state index contributed by atoms with van der Waals surface area (Å²) in [7, 11) is 0. The van der Waals surface area contributed by atoms with Gasteiger partial charge in [-0.05, 0) is 5.92 Å². The standard InChI is InChI=1S/C13H26O/c1-5-7-8-9-12(6-2)10-13(14)11(3)4/h11-12H,5-10H2,1-4H3. The van der Waals surface area contributed by atoms with Crippen molar-refractivity contribution in [1.29, 1.82) is 0 Å². The van der Waals surface area contributed by atoms with Crippen LogP contribution in [0, 0.1) is 11.8 Å². The molecule has 0 saturated carbocycles. The number of Topliss-reactive ketones (excluding diaryl/α,β-unsaturated/α-hetero) is 1. The Hall–Kier alpha value is -0.330. The molecule has 0 rings (SSSR count). The minimum Gasteiger partial charge on any atom is -0.299 e. The molecule has 0 N–H and O–H groups in total. The van der Waals surface area contributed by atoms with Crippen LogP contribution in [0.25, 0.3) is 0 Å². The van der Waals surface area contributed by atoms with E-state index in [0.717, 1.165) is 12.8 Å². The third kappa shape index (κ3) is 6.17. The van der Waals surface area contributed by atoms with E-state index in [0.29, 0.717) is 11.7 Å². The zero-order chi connectivity index (χ0) is 11.0. The smallest absolute Gasteiger partial charge is 0.135 e. The van der Waals surface area contributed by atoms with Crippen molar-refractivity contribution in [2.75, 3.05) is 0 Å². The number of hydrogen-bond acceptors (Lipinski definition) is 1. The molecule has 0 bridgehead atoms. The third-order valence-corrected chi connectivity index (χ3v) is 2.93. The SMILES string of the molecule is CCCCCC(CC)CC(=O)C(C)C. The number of carbonyl (C=O) groups is 1. The van der Waals surface area contributed by atoms with Crippen LogP contribution in [-0.2, 0) is 4.79 Å². The molecular formula is C13H26O. The van der Waals surface area contributed by atoms with E-state index in [4.69, 9.17) is 0 Å². The van der Waals surface area contributed by atoms with Crippen LogP contribution in [-0.4, -0.2) is 5.78 Å². The van der Waals surface area contributed by atoms with Crippen molar-refractivity contribution in [2.24, 2.45) is 11.8 Å². The molecule has 0 aliphatic rings. The third-order valence-electron chi connectivity index (χ3n) is 2.93. The van der Waals surface area contributed by atoms with Crippen LogP contribution >= 0.6 is 0 Å². The van der Waals surface area contributed by atoms with Gasteiger partial charge in [-0.2, -0.15) is 0 Å². The minimum absolute atomic E-state index is 0.218. The fourth-order valence-electron chi connectivity index (χ4n) is 1.65. The summed E-state index contributed by atoms with van der Waals surface area (Å²) < 4.78 is 0. The molecule has 14 heavy (non-hydrogen) atoms. The molecule has 0 aromatic carbocycles. The molecule has 0 aromatic heterocycles. The van der Waals surface area contributed by atoms with Gasteiger partial charge in [0.15, 0.2) is 0 Å². The van der Waals surface area contributed by atoms with Gasteiger partial charge in [-0.25, -0.2) is 0 Å². The number of carbonyl (C=O) groups excluding carboxylic acids is 1. The number of hydrogen-bond donors (Lipinski definition) is 0. The lowest BCUT2D eigenvalue weighted by Gasteiger charge is -2.14. The molecular weight excluding hydrogens is 172 g/mol. The first-order chi connectivity index (χ1) is 6.61. The van der Waals surface area contributed by atoms with Crippen molar-refractivity contribution in [3.63, 3.8) is 0 Å². The maximum atomic E-state index is 11.5. The Morgan fingerprint density at radius 3 is 2.21 bits per heavy atom. The number of unbranched alkanes of at least 4 members (excludes halogenated alkanes) is 2. The second kappa shape index (κ2) is 8.02. The van der Waals surface area contributed by atoms with Gasteiger partial charge in [0.2, 0.25) is 0 Å². The van der Waals surface area contributed by atoms with E-state index in [1.54, 1.807) is 0 Å². The molecule has 0 spiro atoms. The van der Waals surface area contributed by atoms with Crippen molar-refractivity contribution in [1.82, 2.24) is 0 Å². The van der Waals surface area contributed by atoms with Crippen molar-refractivity contribution < 1.29 is 4.79 Å². The van der Waals surface area contributed by atoms with Gasteiger partial charge in [0.25, 0.3) is 0 Å². The molecule has 0 saturated heterocycles. The van der Waals surface area contributed by atoms with Crippen LogP contribution < -0.4 is 0 Å². The highest BCUT2D eigenvalue weighted by Crippen LogP contribution is 2.19. The van der Waals surface area contributed by atoms with Gasteiger partial charge in [-0.1, -0.05) is 59.8 Å².